The van der Waals surface area contributed by atoms with E-state index >= 15 is 0 Å². The first-order valence-corrected chi connectivity index (χ1v) is 8.52. The van der Waals surface area contributed by atoms with Gasteiger partial charge in [0.2, 0.25) is 11.8 Å². The molecule has 1 aromatic carbocycles. The number of carbonyl (C=O) groups excluding carboxylic acids is 2. The molecule has 0 unspecified atom stereocenters. The van der Waals surface area contributed by atoms with E-state index in [0.717, 1.165) is 18.5 Å². The Morgan fingerprint density at radius 3 is 2.87 bits per heavy atom. The van der Waals surface area contributed by atoms with Gasteiger partial charge in [0.15, 0.2) is 0 Å². The van der Waals surface area contributed by atoms with Crippen molar-refractivity contribution in [3.63, 3.8) is 0 Å². The topological polar surface area (TPSA) is 61.4 Å². The van der Waals surface area contributed by atoms with Crippen LogP contribution in [-0.4, -0.2) is 42.9 Å². The maximum absolute atomic E-state index is 12.2. The number of hydrogen-bond acceptors (Lipinski definition) is 3. The Balaban J connectivity index is 1.56. The van der Waals surface area contributed by atoms with Crippen LogP contribution >= 0.6 is 0 Å². The number of carbonyl (C=O) groups is 2. The molecule has 5 heteroatoms. The Morgan fingerprint density at radius 2 is 2.09 bits per heavy atom. The van der Waals surface area contributed by atoms with Crippen molar-refractivity contribution in [2.45, 2.75) is 38.6 Å². The summed E-state index contributed by atoms with van der Waals surface area (Å²) in [5, 5.41) is 5.82. The summed E-state index contributed by atoms with van der Waals surface area (Å²) in [7, 11) is 0. The van der Waals surface area contributed by atoms with E-state index in [1.807, 2.05) is 11.8 Å². The SMILES string of the molecule is C[C@@H](NC(=O)CN1CCNC(=O)C1)c1ccc2c(c1)CCCC2. The normalized spacial score (nSPS) is 19.6. The second kappa shape index (κ2) is 7.13. The minimum Gasteiger partial charge on any atom is -0.354 e. The Kier molecular flexibility index (Phi) is 4.96. The summed E-state index contributed by atoms with van der Waals surface area (Å²) >= 11 is 0. The van der Waals surface area contributed by atoms with Crippen molar-refractivity contribution in [2.75, 3.05) is 26.2 Å². The van der Waals surface area contributed by atoms with Gasteiger partial charge >= 0.3 is 0 Å². The van der Waals surface area contributed by atoms with E-state index in [2.05, 4.69) is 28.8 Å². The van der Waals surface area contributed by atoms with Crippen molar-refractivity contribution in [3.05, 3.63) is 34.9 Å². The van der Waals surface area contributed by atoms with E-state index in [9.17, 15) is 9.59 Å². The molecule has 5 nitrogen and oxygen atoms in total. The highest BCUT2D eigenvalue weighted by atomic mass is 16.2. The number of aryl methyl sites for hydroxylation is 2. The van der Waals surface area contributed by atoms with Gasteiger partial charge in [-0.25, -0.2) is 0 Å². The number of fused-ring (bicyclic) bond motifs is 1. The molecule has 1 aromatic rings. The van der Waals surface area contributed by atoms with Crippen LogP contribution in [0.5, 0.6) is 0 Å². The summed E-state index contributed by atoms with van der Waals surface area (Å²) in [5.74, 6) is -0.0308. The zero-order valence-electron chi connectivity index (χ0n) is 13.7. The van der Waals surface area contributed by atoms with Gasteiger partial charge < -0.3 is 10.6 Å². The quantitative estimate of drug-likeness (QED) is 0.877. The lowest BCUT2D eigenvalue weighted by Gasteiger charge is -2.26. The molecule has 1 atom stereocenters. The zero-order chi connectivity index (χ0) is 16.2. The third kappa shape index (κ3) is 4.10. The minimum atomic E-state index is -0.0232. The lowest BCUT2D eigenvalue weighted by Crippen LogP contribution is -2.50. The summed E-state index contributed by atoms with van der Waals surface area (Å²) < 4.78 is 0. The molecular weight excluding hydrogens is 290 g/mol. The Hall–Kier alpha value is -1.88. The van der Waals surface area contributed by atoms with E-state index < -0.39 is 0 Å². The third-order valence-corrected chi connectivity index (χ3v) is 4.73. The molecule has 1 aliphatic heterocycles. The fourth-order valence-electron chi connectivity index (χ4n) is 3.42. The van der Waals surface area contributed by atoms with Crippen LogP contribution in [0.4, 0.5) is 0 Å². The van der Waals surface area contributed by atoms with Crippen LogP contribution in [0.15, 0.2) is 18.2 Å². The van der Waals surface area contributed by atoms with Gasteiger partial charge in [0.25, 0.3) is 0 Å². The van der Waals surface area contributed by atoms with Gasteiger partial charge in [0.05, 0.1) is 19.1 Å². The van der Waals surface area contributed by atoms with Crippen LogP contribution < -0.4 is 10.6 Å². The molecule has 2 aliphatic rings. The molecule has 2 N–H and O–H groups in total. The molecular formula is C18H25N3O2. The standard InChI is InChI=1S/C18H25N3O2/c1-13(15-7-6-14-4-2-3-5-16(14)10-15)20-18(23)12-21-9-8-19-17(22)11-21/h6-7,10,13H,2-5,8-9,11-12H2,1H3,(H,19,22)(H,20,23)/t13-/m1/s1. The van der Waals surface area contributed by atoms with Gasteiger partial charge in [-0.2, -0.15) is 0 Å². The Bertz CT molecular complexity index is 600. The third-order valence-electron chi connectivity index (χ3n) is 4.73. The highest BCUT2D eigenvalue weighted by Crippen LogP contribution is 2.24. The van der Waals surface area contributed by atoms with Gasteiger partial charge in [-0.1, -0.05) is 18.2 Å². The van der Waals surface area contributed by atoms with Gasteiger partial charge in [-0.05, 0) is 49.3 Å². The zero-order valence-corrected chi connectivity index (χ0v) is 13.7. The maximum atomic E-state index is 12.2. The molecule has 1 saturated heterocycles. The molecule has 2 amide bonds. The molecule has 1 heterocycles. The molecule has 23 heavy (non-hydrogen) atoms. The van der Waals surface area contributed by atoms with Crippen LogP contribution in [0, 0.1) is 0 Å². The first kappa shape index (κ1) is 16.0. The van der Waals surface area contributed by atoms with Crippen molar-refractivity contribution in [3.8, 4) is 0 Å². The molecule has 0 saturated carbocycles. The fraction of sp³-hybridized carbons (Fsp3) is 0.556. The first-order chi connectivity index (χ1) is 11.1. The number of rotatable bonds is 4. The number of hydrogen-bond donors (Lipinski definition) is 2. The monoisotopic (exact) mass is 315 g/mol. The van der Waals surface area contributed by atoms with E-state index in [-0.39, 0.29) is 24.4 Å². The molecule has 0 aromatic heterocycles. The molecule has 124 valence electrons. The van der Waals surface area contributed by atoms with Crippen LogP contribution in [0.1, 0.15) is 42.5 Å². The van der Waals surface area contributed by atoms with Crippen LogP contribution in [0.3, 0.4) is 0 Å². The molecule has 0 bridgehead atoms. The van der Waals surface area contributed by atoms with E-state index in [1.54, 1.807) is 0 Å². The predicted octanol–water partition coefficient (Wildman–Crippen LogP) is 1.17. The summed E-state index contributed by atoms with van der Waals surface area (Å²) in [6.45, 7) is 3.95. The smallest absolute Gasteiger partial charge is 0.234 e. The molecule has 1 fully saturated rings. The Morgan fingerprint density at radius 1 is 1.30 bits per heavy atom. The van der Waals surface area contributed by atoms with Gasteiger partial charge in [-0.3, -0.25) is 14.5 Å². The largest absolute Gasteiger partial charge is 0.354 e. The summed E-state index contributed by atoms with van der Waals surface area (Å²) in [6, 6.07) is 6.58. The van der Waals surface area contributed by atoms with Crippen LogP contribution in [0.2, 0.25) is 0 Å². The average molecular weight is 315 g/mol. The van der Waals surface area contributed by atoms with E-state index in [0.29, 0.717) is 13.1 Å². The number of benzene rings is 1. The first-order valence-electron chi connectivity index (χ1n) is 8.52. The average Bonchev–Trinajstić information content (AvgIpc) is 2.54. The van der Waals surface area contributed by atoms with Crippen LogP contribution in [0.25, 0.3) is 0 Å². The van der Waals surface area contributed by atoms with Gasteiger partial charge in [-0.15, -0.1) is 0 Å². The van der Waals surface area contributed by atoms with E-state index in [4.69, 9.17) is 0 Å². The van der Waals surface area contributed by atoms with E-state index in [1.165, 1.54) is 30.4 Å². The molecule has 0 radical (unpaired) electrons. The lowest BCUT2D eigenvalue weighted by molar-refractivity contribution is -0.127. The summed E-state index contributed by atoms with van der Waals surface area (Å²) in [6.07, 6.45) is 4.86. The molecule has 3 rings (SSSR count). The molecule has 0 spiro atoms. The minimum absolute atomic E-state index is 0.00616. The van der Waals surface area contributed by atoms with Crippen molar-refractivity contribution in [1.29, 1.82) is 0 Å². The highest BCUT2D eigenvalue weighted by molar-refractivity contribution is 5.82. The number of nitrogens with zero attached hydrogens (tertiary/aromatic N) is 1. The predicted molar refractivity (Wildman–Crippen MR) is 89.1 cm³/mol. The van der Waals surface area contributed by atoms with Gasteiger partial charge in [0.1, 0.15) is 0 Å². The second-order valence-electron chi connectivity index (χ2n) is 6.59. The van der Waals surface area contributed by atoms with Crippen molar-refractivity contribution in [1.82, 2.24) is 15.5 Å². The van der Waals surface area contributed by atoms with Crippen molar-refractivity contribution >= 4 is 11.8 Å². The molecule has 1 aliphatic carbocycles. The summed E-state index contributed by atoms with van der Waals surface area (Å²) in [4.78, 5) is 25.4. The number of piperazine rings is 1. The van der Waals surface area contributed by atoms with Crippen LogP contribution in [-0.2, 0) is 22.4 Å². The lowest BCUT2D eigenvalue weighted by atomic mass is 9.89. The summed E-state index contributed by atoms with van der Waals surface area (Å²) in [5.41, 5.74) is 4.05. The fourth-order valence-corrected chi connectivity index (χ4v) is 3.42. The maximum Gasteiger partial charge on any atom is 0.234 e. The highest BCUT2D eigenvalue weighted by Gasteiger charge is 2.20. The van der Waals surface area contributed by atoms with Crippen molar-refractivity contribution < 1.29 is 9.59 Å². The number of amides is 2. The van der Waals surface area contributed by atoms with Crippen molar-refractivity contribution in [2.24, 2.45) is 0 Å². The van der Waals surface area contributed by atoms with Gasteiger partial charge in [0, 0.05) is 13.1 Å². The number of nitrogens with one attached hydrogen (secondary N) is 2. The Labute approximate surface area is 137 Å². The second-order valence-corrected chi connectivity index (χ2v) is 6.59.